The van der Waals surface area contributed by atoms with Crippen molar-refractivity contribution in [2.24, 2.45) is 11.7 Å². The summed E-state index contributed by atoms with van der Waals surface area (Å²) in [6, 6.07) is 4.69. The number of piperidine rings is 1. The van der Waals surface area contributed by atoms with Crippen molar-refractivity contribution in [3.63, 3.8) is 0 Å². The van der Waals surface area contributed by atoms with E-state index in [0.717, 1.165) is 50.0 Å². The standard InChI is InChI=1S/C17H25FN2O/c1-12(19)15-10-14(18)5-6-16(15)20-9-8-17(21)7-3-2-4-13(17)11-20/h5-6,10,12-13,21H,2-4,7-9,11,19H2,1H3/t12-,13?,17?/m0/s1. The first kappa shape index (κ1) is 14.8. The van der Waals surface area contributed by atoms with Crippen LogP contribution >= 0.6 is 0 Å². The lowest BCUT2D eigenvalue weighted by Gasteiger charge is -2.48. The maximum atomic E-state index is 13.5. The Morgan fingerprint density at radius 1 is 1.38 bits per heavy atom. The molecule has 1 aliphatic carbocycles. The zero-order valence-electron chi connectivity index (χ0n) is 12.7. The predicted molar refractivity (Wildman–Crippen MR) is 82.7 cm³/mol. The van der Waals surface area contributed by atoms with Gasteiger partial charge in [-0.15, -0.1) is 0 Å². The Morgan fingerprint density at radius 2 is 2.19 bits per heavy atom. The monoisotopic (exact) mass is 292 g/mol. The first-order valence-electron chi connectivity index (χ1n) is 8.02. The normalized spacial score (nSPS) is 30.9. The van der Waals surface area contributed by atoms with E-state index in [2.05, 4.69) is 4.90 Å². The van der Waals surface area contributed by atoms with Gasteiger partial charge in [0.25, 0.3) is 0 Å². The van der Waals surface area contributed by atoms with Crippen LogP contribution in [0.3, 0.4) is 0 Å². The van der Waals surface area contributed by atoms with E-state index in [1.807, 2.05) is 13.0 Å². The number of nitrogens with two attached hydrogens (primary N) is 1. The Bertz CT molecular complexity index is 520. The highest BCUT2D eigenvalue weighted by atomic mass is 19.1. The highest BCUT2D eigenvalue weighted by Gasteiger charge is 2.43. The molecule has 2 aliphatic rings. The molecular weight excluding hydrogens is 267 g/mol. The third-order valence-corrected chi connectivity index (χ3v) is 5.25. The molecule has 1 aliphatic heterocycles. The molecule has 1 saturated heterocycles. The average molecular weight is 292 g/mol. The summed E-state index contributed by atoms with van der Waals surface area (Å²) >= 11 is 0. The summed E-state index contributed by atoms with van der Waals surface area (Å²) in [5, 5.41) is 10.8. The molecule has 3 N–H and O–H groups in total. The van der Waals surface area contributed by atoms with E-state index in [4.69, 9.17) is 5.73 Å². The Labute approximate surface area is 125 Å². The summed E-state index contributed by atoms with van der Waals surface area (Å²) in [7, 11) is 0. The summed E-state index contributed by atoms with van der Waals surface area (Å²) in [6.45, 7) is 3.55. The second-order valence-electron chi connectivity index (χ2n) is 6.73. The van der Waals surface area contributed by atoms with Gasteiger partial charge in [-0.2, -0.15) is 0 Å². The molecule has 1 aromatic rings. The molecular formula is C17H25FN2O. The molecule has 3 nitrogen and oxygen atoms in total. The number of aliphatic hydroxyl groups is 1. The van der Waals surface area contributed by atoms with Crippen LogP contribution in [0, 0.1) is 11.7 Å². The average Bonchev–Trinajstić information content (AvgIpc) is 2.46. The van der Waals surface area contributed by atoms with Crippen LogP contribution in [0.1, 0.15) is 50.6 Å². The predicted octanol–water partition coefficient (Wildman–Crippen LogP) is 2.98. The van der Waals surface area contributed by atoms with Gasteiger partial charge in [0.15, 0.2) is 0 Å². The maximum absolute atomic E-state index is 13.5. The van der Waals surface area contributed by atoms with Crippen LogP contribution in [0.2, 0.25) is 0 Å². The number of rotatable bonds is 2. The van der Waals surface area contributed by atoms with Gasteiger partial charge in [0.1, 0.15) is 5.82 Å². The van der Waals surface area contributed by atoms with E-state index in [9.17, 15) is 9.50 Å². The van der Waals surface area contributed by atoms with Crippen molar-refractivity contribution >= 4 is 5.69 Å². The van der Waals surface area contributed by atoms with Gasteiger partial charge >= 0.3 is 0 Å². The lowest BCUT2D eigenvalue weighted by Crippen LogP contribution is -2.53. The van der Waals surface area contributed by atoms with Crippen molar-refractivity contribution in [1.29, 1.82) is 0 Å². The molecule has 4 heteroatoms. The van der Waals surface area contributed by atoms with Crippen molar-refractivity contribution in [3.05, 3.63) is 29.6 Å². The van der Waals surface area contributed by atoms with E-state index in [1.165, 1.54) is 12.5 Å². The summed E-state index contributed by atoms with van der Waals surface area (Å²) < 4.78 is 13.5. The van der Waals surface area contributed by atoms with E-state index in [-0.39, 0.29) is 11.9 Å². The minimum atomic E-state index is -0.483. The fourth-order valence-electron chi connectivity index (χ4n) is 3.97. The molecule has 3 rings (SSSR count). The molecule has 0 spiro atoms. The van der Waals surface area contributed by atoms with Gasteiger partial charge < -0.3 is 15.7 Å². The van der Waals surface area contributed by atoms with Crippen LogP contribution in [-0.2, 0) is 0 Å². The number of fused-ring (bicyclic) bond motifs is 1. The zero-order valence-corrected chi connectivity index (χ0v) is 12.7. The van der Waals surface area contributed by atoms with E-state index in [0.29, 0.717) is 5.92 Å². The molecule has 1 aromatic carbocycles. The lowest BCUT2D eigenvalue weighted by atomic mass is 9.71. The van der Waals surface area contributed by atoms with Gasteiger partial charge in [-0.05, 0) is 49.9 Å². The van der Waals surface area contributed by atoms with Crippen LogP contribution in [0.5, 0.6) is 0 Å². The molecule has 0 amide bonds. The summed E-state index contributed by atoms with van der Waals surface area (Å²) in [6.07, 6.45) is 5.14. The Balaban J connectivity index is 1.85. The van der Waals surface area contributed by atoms with Crippen molar-refractivity contribution in [2.45, 2.75) is 50.7 Å². The van der Waals surface area contributed by atoms with Gasteiger partial charge in [-0.25, -0.2) is 4.39 Å². The molecule has 0 aromatic heterocycles. The second-order valence-corrected chi connectivity index (χ2v) is 6.73. The number of anilines is 1. The topological polar surface area (TPSA) is 49.5 Å². The zero-order chi connectivity index (χ0) is 15.0. The molecule has 3 atom stereocenters. The molecule has 1 heterocycles. The van der Waals surface area contributed by atoms with E-state index < -0.39 is 5.60 Å². The third-order valence-electron chi connectivity index (χ3n) is 5.25. The number of benzene rings is 1. The van der Waals surface area contributed by atoms with Crippen LogP contribution in [0.15, 0.2) is 18.2 Å². The van der Waals surface area contributed by atoms with Gasteiger partial charge in [0.05, 0.1) is 5.60 Å². The van der Waals surface area contributed by atoms with Gasteiger partial charge in [-0.3, -0.25) is 0 Å². The quantitative estimate of drug-likeness (QED) is 0.881. The fraction of sp³-hybridized carbons (Fsp3) is 0.647. The highest BCUT2D eigenvalue weighted by molar-refractivity contribution is 5.55. The largest absolute Gasteiger partial charge is 0.389 e. The minimum absolute atomic E-state index is 0.192. The molecule has 2 fully saturated rings. The van der Waals surface area contributed by atoms with Crippen molar-refractivity contribution in [1.82, 2.24) is 0 Å². The van der Waals surface area contributed by atoms with Gasteiger partial charge in [-0.1, -0.05) is 12.8 Å². The molecule has 0 radical (unpaired) electrons. The molecule has 21 heavy (non-hydrogen) atoms. The second kappa shape index (κ2) is 5.58. The first-order chi connectivity index (χ1) is 9.99. The van der Waals surface area contributed by atoms with Gasteiger partial charge in [0, 0.05) is 30.7 Å². The Hall–Kier alpha value is -1.13. The van der Waals surface area contributed by atoms with E-state index in [1.54, 1.807) is 6.07 Å². The van der Waals surface area contributed by atoms with Crippen LogP contribution in [-0.4, -0.2) is 23.8 Å². The smallest absolute Gasteiger partial charge is 0.123 e. The van der Waals surface area contributed by atoms with E-state index >= 15 is 0 Å². The van der Waals surface area contributed by atoms with Gasteiger partial charge in [0.2, 0.25) is 0 Å². The van der Waals surface area contributed by atoms with Crippen molar-refractivity contribution in [2.75, 3.05) is 18.0 Å². The molecule has 116 valence electrons. The SMILES string of the molecule is C[C@H](N)c1cc(F)ccc1N1CCC2(O)CCCCC2C1. The number of hydrogen-bond acceptors (Lipinski definition) is 3. The van der Waals surface area contributed by atoms with Crippen molar-refractivity contribution in [3.8, 4) is 0 Å². The third kappa shape index (κ3) is 2.79. The van der Waals surface area contributed by atoms with Crippen LogP contribution in [0.4, 0.5) is 10.1 Å². The lowest BCUT2D eigenvalue weighted by molar-refractivity contribution is -0.0612. The molecule has 1 saturated carbocycles. The molecule has 0 bridgehead atoms. The summed E-state index contributed by atoms with van der Waals surface area (Å²) in [5.41, 5.74) is 7.41. The van der Waals surface area contributed by atoms with Crippen LogP contribution in [0.25, 0.3) is 0 Å². The Kier molecular flexibility index (Phi) is 3.93. The molecule has 2 unspecified atom stereocenters. The number of hydrogen-bond donors (Lipinski definition) is 2. The number of halogens is 1. The first-order valence-corrected chi connectivity index (χ1v) is 8.02. The van der Waals surface area contributed by atoms with Crippen molar-refractivity contribution < 1.29 is 9.50 Å². The summed E-state index contributed by atoms with van der Waals surface area (Å²) in [5.74, 6) is 0.0863. The summed E-state index contributed by atoms with van der Waals surface area (Å²) in [4.78, 5) is 2.28. The maximum Gasteiger partial charge on any atom is 0.123 e. The Morgan fingerprint density at radius 3 is 2.95 bits per heavy atom. The number of nitrogens with zero attached hydrogens (tertiary/aromatic N) is 1. The van der Waals surface area contributed by atoms with Crippen LogP contribution < -0.4 is 10.6 Å². The minimum Gasteiger partial charge on any atom is -0.389 e. The fourth-order valence-corrected chi connectivity index (χ4v) is 3.97. The highest BCUT2D eigenvalue weighted by Crippen LogP contribution is 2.41.